The summed E-state index contributed by atoms with van der Waals surface area (Å²) in [6, 6.07) is 7.95. The molecule has 0 aliphatic heterocycles. The lowest BCUT2D eigenvalue weighted by Crippen LogP contribution is -2.44. The lowest BCUT2D eigenvalue weighted by atomic mass is 10.1. The molecule has 1 unspecified atom stereocenters. The number of imide groups is 1. The average Bonchev–Trinajstić information content (AvgIpc) is 3.36. The first-order chi connectivity index (χ1) is 24.1. The summed E-state index contributed by atoms with van der Waals surface area (Å²) in [7, 11) is -2.71. The zero-order valence-corrected chi connectivity index (χ0v) is 32.3. The van der Waals surface area contributed by atoms with Gasteiger partial charge in [0.1, 0.15) is 22.1 Å². The molecule has 0 radical (unpaired) electrons. The molecule has 0 saturated carbocycles. The standard InChI is InChI=1S/C35H42ClN7O8S/c1-20-11-14-24(15-12-20)52(46,47)51-23(17-37)13-16-25-27-29(36)39-31(43(32(44)49-34(4,5)6)33(45)50-35(7,8)9)40-30(27)42(41-25)19-26-22(3)28(48-10)21(2)18-38-26/h11-12,14-15,18,23H,13,16,19H2,1-10H3. The molecule has 0 fully saturated rings. The second kappa shape index (κ2) is 15.4. The van der Waals surface area contributed by atoms with E-state index >= 15 is 0 Å². The number of pyridine rings is 1. The van der Waals surface area contributed by atoms with Crippen LogP contribution in [0.25, 0.3) is 11.0 Å². The van der Waals surface area contributed by atoms with E-state index in [2.05, 4.69) is 15.0 Å². The number of hydrogen-bond donors (Lipinski definition) is 0. The Bertz CT molecular complexity index is 2110. The SMILES string of the molecule is COc1c(C)cnc(Cn2nc(CCC(C#N)OS(=O)(=O)c3ccc(C)cc3)c3c(Cl)nc(N(C(=O)OC(C)(C)C)C(=O)OC(C)(C)C)nc32)c1C. The third kappa shape index (κ3) is 9.52. The van der Waals surface area contributed by atoms with E-state index in [1.807, 2.05) is 26.8 Å². The summed E-state index contributed by atoms with van der Waals surface area (Å²) in [5.41, 5.74) is 1.36. The molecule has 0 bridgehead atoms. The maximum Gasteiger partial charge on any atom is 0.427 e. The predicted octanol–water partition coefficient (Wildman–Crippen LogP) is 6.76. The normalized spacial score (nSPS) is 12.7. The summed E-state index contributed by atoms with van der Waals surface area (Å²) >= 11 is 6.79. The smallest absolute Gasteiger partial charge is 0.427 e. The Kier molecular flexibility index (Phi) is 11.8. The largest absolute Gasteiger partial charge is 0.496 e. The lowest BCUT2D eigenvalue weighted by Gasteiger charge is -2.27. The number of nitriles is 1. The molecule has 0 N–H and O–H groups in total. The van der Waals surface area contributed by atoms with Crippen LogP contribution in [0.4, 0.5) is 15.5 Å². The Morgan fingerprint density at radius 1 is 0.981 bits per heavy atom. The van der Waals surface area contributed by atoms with Gasteiger partial charge in [0.2, 0.25) is 5.95 Å². The first-order valence-electron chi connectivity index (χ1n) is 16.2. The van der Waals surface area contributed by atoms with E-state index in [1.54, 1.807) is 67.0 Å². The van der Waals surface area contributed by atoms with Crippen molar-refractivity contribution in [1.29, 1.82) is 5.26 Å². The number of fused-ring (bicyclic) bond motifs is 1. The number of rotatable bonds is 10. The van der Waals surface area contributed by atoms with Crippen molar-refractivity contribution in [2.24, 2.45) is 0 Å². The van der Waals surface area contributed by atoms with E-state index in [-0.39, 0.29) is 40.5 Å². The highest BCUT2D eigenvalue weighted by atomic mass is 35.5. The Labute approximate surface area is 307 Å². The maximum absolute atomic E-state index is 13.4. The van der Waals surface area contributed by atoms with E-state index < -0.39 is 45.6 Å². The van der Waals surface area contributed by atoms with Crippen molar-refractivity contribution >= 4 is 50.9 Å². The molecule has 15 nitrogen and oxygen atoms in total. The van der Waals surface area contributed by atoms with Gasteiger partial charge in [0.25, 0.3) is 10.1 Å². The first-order valence-corrected chi connectivity index (χ1v) is 18.0. The van der Waals surface area contributed by atoms with Crippen LogP contribution in [-0.4, -0.2) is 69.8 Å². The fourth-order valence-corrected chi connectivity index (χ4v) is 6.31. The second-order valence-electron chi connectivity index (χ2n) is 14.0. The Hall–Kier alpha value is -4.85. The van der Waals surface area contributed by atoms with E-state index in [0.29, 0.717) is 22.0 Å². The van der Waals surface area contributed by atoms with Crippen LogP contribution in [0.3, 0.4) is 0 Å². The molecule has 0 spiro atoms. The fraction of sp³-hybridized carbons (Fsp3) is 0.457. The zero-order valence-electron chi connectivity index (χ0n) is 30.8. The molecule has 3 aromatic heterocycles. The molecule has 0 saturated heterocycles. The number of anilines is 1. The van der Waals surface area contributed by atoms with Crippen molar-refractivity contribution in [3.05, 3.63) is 63.7 Å². The molecule has 0 aliphatic rings. The van der Waals surface area contributed by atoms with E-state index in [1.165, 1.54) is 16.8 Å². The number of methoxy groups -OCH3 is 1. The van der Waals surface area contributed by atoms with Gasteiger partial charge >= 0.3 is 12.2 Å². The lowest BCUT2D eigenvalue weighted by molar-refractivity contribution is 0.0427. The molecule has 52 heavy (non-hydrogen) atoms. The van der Waals surface area contributed by atoms with Crippen LogP contribution < -0.4 is 9.64 Å². The van der Waals surface area contributed by atoms with Crippen LogP contribution in [0.5, 0.6) is 5.75 Å². The second-order valence-corrected chi connectivity index (χ2v) is 15.9. The minimum absolute atomic E-state index is 0.000946. The average molecular weight is 756 g/mol. The van der Waals surface area contributed by atoms with Crippen LogP contribution in [0.15, 0.2) is 35.4 Å². The van der Waals surface area contributed by atoms with E-state index in [9.17, 15) is 23.3 Å². The highest BCUT2D eigenvalue weighted by molar-refractivity contribution is 7.86. The van der Waals surface area contributed by atoms with Crippen LogP contribution in [-0.2, 0) is 36.7 Å². The van der Waals surface area contributed by atoms with Crippen molar-refractivity contribution in [3.63, 3.8) is 0 Å². The molecule has 4 rings (SSSR count). The van der Waals surface area contributed by atoms with Gasteiger partial charge in [-0.25, -0.2) is 18.5 Å². The number of nitrogens with zero attached hydrogens (tertiary/aromatic N) is 7. The minimum atomic E-state index is -4.26. The summed E-state index contributed by atoms with van der Waals surface area (Å²) in [5, 5.41) is 14.6. The first kappa shape index (κ1) is 39.9. The molecule has 3 heterocycles. The maximum atomic E-state index is 13.4. The molecule has 17 heteroatoms. The number of carbonyl (C=O) groups is 2. The van der Waals surface area contributed by atoms with Gasteiger partial charge in [0.05, 0.1) is 41.4 Å². The number of amides is 2. The van der Waals surface area contributed by atoms with Gasteiger partial charge in [-0.05, 0) is 87.3 Å². The number of ether oxygens (including phenoxy) is 3. The van der Waals surface area contributed by atoms with Gasteiger partial charge in [-0.1, -0.05) is 29.3 Å². The van der Waals surface area contributed by atoms with Gasteiger partial charge in [-0.3, -0.25) is 4.98 Å². The topological polar surface area (TPSA) is 189 Å². The number of carbonyl (C=O) groups excluding carboxylic acids is 2. The zero-order chi connectivity index (χ0) is 38.8. The molecule has 1 atom stereocenters. The number of aromatic nitrogens is 5. The highest BCUT2D eigenvalue weighted by Gasteiger charge is 2.36. The Morgan fingerprint density at radius 3 is 2.12 bits per heavy atom. The van der Waals surface area contributed by atoms with E-state index in [0.717, 1.165) is 16.7 Å². The summed E-state index contributed by atoms with van der Waals surface area (Å²) < 4.78 is 49.3. The molecule has 0 aliphatic carbocycles. The monoisotopic (exact) mass is 755 g/mol. The minimum Gasteiger partial charge on any atom is -0.496 e. The third-order valence-electron chi connectivity index (χ3n) is 7.35. The van der Waals surface area contributed by atoms with Gasteiger partial charge in [-0.2, -0.15) is 28.7 Å². The number of halogens is 1. The Morgan fingerprint density at radius 2 is 1.58 bits per heavy atom. The summed E-state index contributed by atoms with van der Waals surface area (Å²) in [6.45, 7) is 15.3. The van der Waals surface area contributed by atoms with Crippen molar-refractivity contribution in [1.82, 2.24) is 24.7 Å². The molecule has 2 amide bonds. The van der Waals surface area contributed by atoms with Gasteiger partial charge in [0.15, 0.2) is 11.8 Å². The van der Waals surface area contributed by atoms with Crippen molar-refractivity contribution < 1.29 is 36.4 Å². The van der Waals surface area contributed by atoms with Crippen molar-refractivity contribution in [2.45, 2.75) is 104 Å². The van der Waals surface area contributed by atoms with Gasteiger partial charge in [0, 0.05) is 17.3 Å². The Balaban J connectivity index is 1.83. The van der Waals surface area contributed by atoms with E-state index in [4.69, 9.17) is 35.1 Å². The van der Waals surface area contributed by atoms with Crippen LogP contribution >= 0.6 is 11.6 Å². The van der Waals surface area contributed by atoms with Crippen molar-refractivity contribution in [2.75, 3.05) is 12.0 Å². The number of aryl methyl sites for hydroxylation is 3. The van der Waals surface area contributed by atoms with Crippen molar-refractivity contribution in [3.8, 4) is 11.8 Å². The summed E-state index contributed by atoms with van der Waals surface area (Å²) in [4.78, 5) is 40.8. The summed E-state index contributed by atoms with van der Waals surface area (Å²) in [6.07, 6.45) is -2.05. The number of benzene rings is 1. The highest BCUT2D eigenvalue weighted by Crippen LogP contribution is 2.31. The molecular weight excluding hydrogens is 714 g/mol. The predicted molar refractivity (Wildman–Crippen MR) is 192 cm³/mol. The molecule has 278 valence electrons. The quantitative estimate of drug-likeness (QED) is 0.122. The van der Waals surface area contributed by atoms with Crippen LogP contribution in [0, 0.1) is 32.1 Å². The van der Waals surface area contributed by atoms with Crippen LogP contribution in [0.2, 0.25) is 5.15 Å². The van der Waals surface area contributed by atoms with Crippen LogP contribution in [0.1, 0.15) is 76.0 Å². The summed E-state index contributed by atoms with van der Waals surface area (Å²) in [5.74, 6) is 0.183. The molecule has 4 aromatic rings. The molecular formula is C35H42ClN7O8S. The number of hydrogen-bond acceptors (Lipinski definition) is 13. The molecule has 1 aromatic carbocycles. The fourth-order valence-electron chi connectivity index (χ4n) is 5.02. The van der Waals surface area contributed by atoms with Gasteiger partial charge in [-0.15, -0.1) is 4.90 Å². The van der Waals surface area contributed by atoms with Gasteiger partial charge < -0.3 is 14.2 Å². The third-order valence-corrected chi connectivity index (χ3v) is 8.96.